The number of nitrogens with one attached hydrogen (secondary N) is 4. The highest BCUT2D eigenvalue weighted by molar-refractivity contribution is 8.00. The fraction of sp³-hybridized carbons (Fsp3) is 0.521. The summed E-state index contributed by atoms with van der Waals surface area (Å²) in [6, 6.07) is 11.8. The van der Waals surface area contributed by atoms with Crippen LogP contribution in [0.4, 0.5) is 21.8 Å². The number of carbonyl (C=O) groups is 4. The number of carbonyl (C=O) groups excluding carboxylic acids is 4. The molecule has 0 radical (unpaired) electrons. The largest absolute Gasteiger partial charge is 0.495 e. The maximum absolute atomic E-state index is 14.4. The van der Waals surface area contributed by atoms with E-state index in [-0.39, 0.29) is 30.6 Å². The molecular weight excluding hydrogens is 915 g/mol. The van der Waals surface area contributed by atoms with Crippen molar-refractivity contribution in [1.29, 1.82) is 0 Å². The monoisotopic (exact) mass is 976 g/mol. The second kappa shape index (κ2) is 21.9. The van der Waals surface area contributed by atoms with Crippen molar-refractivity contribution in [2.45, 2.75) is 94.8 Å². The fourth-order valence-corrected chi connectivity index (χ4v) is 9.78. The molecule has 8 rings (SSSR count). The maximum atomic E-state index is 14.4. The second-order valence-electron chi connectivity index (χ2n) is 18.1. The standard InChI is InChI=1S/C26H33FN4O3S2.C22H29ClN6O2/c1-16-20(36-15-29-16)18-9-7-17(8-10-18)14-28-22(32)19-6-5-13-31(19)23(33)21(25(2,3)35-4)30-24(34)26(27)11-12-26;1-24-20-17(23)13-25-22(27-20)26-18-7-6-16(12-19(18)31-2)21(30)29-10-8-28(9-11-29)14-15-4-3-5-15/h7-10,15,19,21H,5-6,11-14H2,1-4H3,(H,28,32)(H,30,34);6-7,12-13,15H,3-5,8-11,14H2,1-2H3,(H2,24,25,26,27). The van der Waals surface area contributed by atoms with Gasteiger partial charge in [-0.25, -0.2) is 14.4 Å². The summed E-state index contributed by atoms with van der Waals surface area (Å²) in [5, 5.41) is 12.1. The number of thioether (sulfide) groups is 1. The number of nitrogens with zero attached hydrogens (tertiary/aromatic N) is 6. The Bertz CT molecular complexity index is 2390. The van der Waals surface area contributed by atoms with Crippen LogP contribution in [0, 0.1) is 12.8 Å². The van der Waals surface area contributed by atoms with Gasteiger partial charge in [0.05, 0.1) is 35.1 Å². The molecule has 15 nitrogen and oxygen atoms in total. The van der Waals surface area contributed by atoms with Crippen molar-refractivity contribution >= 4 is 75.8 Å². The summed E-state index contributed by atoms with van der Waals surface area (Å²) in [5.74, 6) is 1.07. The molecule has 360 valence electrons. The molecule has 4 aromatic rings. The third kappa shape index (κ3) is 12.2. The zero-order chi connectivity index (χ0) is 47.9. The van der Waals surface area contributed by atoms with Crippen LogP contribution in [0.1, 0.15) is 80.4 Å². The van der Waals surface area contributed by atoms with Crippen molar-refractivity contribution in [3.63, 3.8) is 0 Å². The number of alkyl halides is 1. The quantitative estimate of drug-likeness (QED) is 0.0882. The van der Waals surface area contributed by atoms with Gasteiger partial charge in [0.2, 0.25) is 17.8 Å². The minimum atomic E-state index is -1.87. The predicted octanol–water partition coefficient (Wildman–Crippen LogP) is 7.34. The van der Waals surface area contributed by atoms with Gasteiger partial charge in [0, 0.05) is 63.2 Å². The number of rotatable bonds is 16. The molecule has 2 unspecified atom stereocenters. The Morgan fingerprint density at radius 1 is 1.01 bits per heavy atom. The minimum absolute atomic E-state index is 0.0355. The molecular formula is C48H62ClFN10O5S2. The molecule has 4 heterocycles. The lowest BCUT2D eigenvalue weighted by Crippen LogP contribution is -2.60. The van der Waals surface area contributed by atoms with E-state index in [0.29, 0.717) is 59.7 Å². The van der Waals surface area contributed by atoms with Crippen molar-refractivity contribution in [2.24, 2.45) is 5.92 Å². The van der Waals surface area contributed by atoms with Crippen LogP contribution >= 0.6 is 34.7 Å². The fourth-order valence-electron chi connectivity index (χ4n) is 8.38. The van der Waals surface area contributed by atoms with Gasteiger partial charge in [-0.15, -0.1) is 11.3 Å². The van der Waals surface area contributed by atoms with Gasteiger partial charge in [0.15, 0.2) is 5.67 Å². The number of amides is 4. The van der Waals surface area contributed by atoms with Crippen LogP contribution in [-0.4, -0.2) is 135 Å². The van der Waals surface area contributed by atoms with Gasteiger partial charge in [-0.05, 0) is 101 Å². The molecule has 67 heavy (non-hydrogen) atoms. The Kier molecular flexibility index (Phi) is 16.3. The Morgan fingerprint density at radius 2 is 1.75 bits per heavy atom. The third-order valence-electron chi connectivity index (χ3n) is 13.2. The van der Waals surface area contributed by atoms with Gasteiger partial charge < -0.3 is 35.8 Å². The van der Waals surface area contributed by atoms with E-state index < -0.39 is 28.4 Å². The number of ether oxygens (including phenoxy) is 1. The van der Waals surface area contributed by atoms with Crippen molar-refractivity contribution in [1.82, 2.24) is 40.3 Å². The minimum Gasteiger partial charge on any atom is -0.495 e. The molecule has 2 saturated heterocycles. The Labute approximate surface area is 405 Å². The van der Waals surface area contributed by atoms with E-state index in [2.05, 4.69) is 41.1 Å². The first-order valence-corrected chi connectivity index (χ1v) is 25.4. The van der Waals surface area contributed by atoms with Crippen LogP contribution in [0.2, 0.25) is 5.02 Å². The molecule has 0 spiro atoms. The van der Waals surface area contributed by atoms with E-state index in [0.717, 1.165) is 53.8 Å². The van der Waals surface area contributed by atoms with Crippen LogP contribution in [0.25, 0.3) is 10.4 Å². The number of piperazine rings is 1. The molecule has 2 aromatic heterocycles. The molecule has 2 aromatic carbocycles. The summed E-state index contributed by atoms with van der Waals surface area (Å²) in [6.07, 6.45) is 9.07. The van der Waals surface area contributed by atoms with Gasteiger partial charge in [0.25, 0.3) is 11.8 Å². The molecule has 4 fully saturated rings. The lowest BCUT2D eigenvalue weighted by Gasteiger charge is -2.38. The number of anilines is 3. The Hall–Kier alpha value is -5.04. The summed E-state index contributed by atoms with van der Waals surface area (Å²) < 4.78 is 19.2. The molecule has 2 aliphatic heterocycles. The summed E-state index contributed by atoms with van der Waals surface area (Å²) in [4.78, 5) is 72.1. The zero-order valence-electron chi connectivity index (χ0n) is 39.1. The van der Waals surface area contributed by atoms with E-state index in [9.17, 15) is 23.6 Å². The highest BCUT2D eigenvalue weighted by atomic mass is 35.5. The molecule has 4 amide bonds. The number of aromatic nitrogens is 3. The lowest BCUT2D eigenvalue weighted by molar-refractivity contribution is -0.142. The number of benzene rings is 2. The van der Waals surface area contributed by atoms with Crippen molar-refractivity contribution in [3.05, 3.63) is 76.0 Å². The van der Waals surface area contributed by atoms with Crippen LogP contribution in [0.15, 0.2) is 54.2 Å². The van der Waals surface area contributed by atoms with Gasteiger partial charge in [-0.3, -0.25) is 24.1 Å². The number of hydrogen-bond donors (Lipinski definition) is 4. The summed E-state index contributed by atoms with van der Waals surface area (Å²) >= 11 is 9.06. The normalized spacial score (nSPS) is 18.5. The molecule has 4 N–H and O–H groups in total. The zero-order valence-corrected chi connectivity index (χ0v) is 41.5. The van der Waals surface area contributed by atoms with E-state index >= 15 is 0 Å². The lowest BCUT2D eigenvalue weighted by atomic mass is 9.85. The average Bonchev–Trinajstić information content (AvgIpc) is 3.65. The topological polar surface area (TPSA) is 174 Å². The number of hydrogen-bond acceptors (Lipinski definition) is 13. The number of methoxy groups -OCH3 is 1. The number of halogens is 2. The summed E-state index contributed by atoms with van der Waals surface area (Å²) in [5.41, 5.74) is 4.27. The van der Waals surface area contributed by atoms with Crippen molar-refractivity contribution in [2.75, 3.05) is 70.3 Å². The first kappa shape index (κ1) is 49.9. The average molecular weight is 978 g/mol. The van der Waals surface area contributed by atoms with E-state index in [1.165, 1.54) is 43.8 Å². The van der Waals surface area contributed by atoms with E-state index in [4.69, 9.17) is 16.3 Å². The highest BCUT2D eigenvalue weighted by Gasteiger charge is 2.53. The molecule has 19 heteroatoms. The smallest absolute Gasteiger partial charge is 0.258 e. The first-order valence-electron chi connectivity index (χ1n) is 22.9. The van der Waals surface area contributed by atoms with E-state index in [1.807, 2.05) is 73.8 Å². The predicted molar refractivity (Wildman–Crippen MR) is 264 cm³/mol. The third-order valence-corrected chi connectivity index (χ3v) is 15.7. The van der Waals surface area contributed by atoms with Gasteiger partial charge in [0.1, 0.15) is 28.7 Å². The highest BCUT2D eigenvalue weighted by Crippen LogP contribution is 2.41. The molecule has 4 aliphatic rings. The van der Waals surface area contributed by atoms with Gasteiger partial charge >= 0.3 is 0 Å². The number of thiazole rings is 1. The van der Waals surface area contributed by atoms with Gasteiger partial charge in [-0.2, -0.15) is 16.7 Å². The number of aryl methyl sites for hydroxylation is 1. The molecule has 2 atom stereocenters. The van der Waals surface area contributed by atoms with Gasteiger partial charge in [-0.1, -0.05) is 42.3 Å². The molecule has 0 bridgehead atoms. The number of likely N-dealkylation sites (tertiary alicyclic amines) is 1. The van der Waals surface area contributed by atoms with E-state index in [1.54, 1.807) is 36.5 Å². The summed E-state index contributed by atoms with van der Waals surface area (Å²) in [6.45, 7) is 11.0. The maximum Gasteiger partial charge on any atom is 0.258 e. The van der Waals surface area contributed by atoms with Crippen LogP contribution in [0.5, 0.6) is 5.75 Å². The first-order chi connectivity index (χ1) is 32.1. The molecule has 2 saturated carbocycles. The van der Waals surface area contributed by atoms with Crippen molar-refractivity contribution < 1.29 is 28.3 Å². The summed E-state index contributed by atoms with van der Waals surface area (Å²) in [7, 11) is 3.32. The van der Waals surface area contributed by atoms with Crippen molar-refractivity contribution in [3.8, 4) is 16.2 Å². The van der Waals surface area contributed by atoms with Crippen LogP contribution in [-0.2, 0) is 20.9 Å². The Balaban J connectivity index is 0.000000201. The SMILES string of the molecule is CNc1nc(Nc2ccc(C(=O)N3CCN(CC4CCC4)CC3)cc2OC)ncc1Cl.CSC(C)(C)C(NC(=O)C1(F)CC1)C(=O)N1CCCC1C(=O)NCc1ccc(-c2scnc2C)cc1. The van der Waals surface area contributed by atoms with Crippen LogP contribution in [0.3, 0.4) is 0 Å². The Morgan fingerprint density at radius 3 is 2.36 bits per heavy atom. The second-order valence-corrected chi connectivity index (χ2v) is 20.8. The van der Waals surface area contributed by atoms with Crippen LogP contribution < -0.4 is 26.0 Å². The molecule has 2 aliphatic carbocycles.